The van der Waals surface area contributed by atoms with E-state index in [-0.39, 0.29) is 13.0 Å². The van der Waals surface area contributed by atoms with Gasteiger partial charge >= 0.3 is 5.97 Å². The number of halogens is 1. The molecule has 0 bridgehead atoms. The molecule has 1 aromatic rings. The van der Waals surface area contributed by atoms with Gasteiger partial charge in [0.05, 0.1) is 12.1 Å². The first-order valence-corrected chi connectivity index (χ1v) is 5.42. The van der Waals surface area contributed by atoms with Crippen LogP contribution in [0, 0.1) is 18.4 Å². The normalized spacial score (nSPS) is 10.6. The zero-order valence-corrected chi connectivity index (χ0v) is 10.5. The lowest BCUT2D eigenvalue weighted by atomic mass is 10.1. The second kappa shape index (κ2) is 7.36. The van der Waals surface area contributed by atoms with Crippen molar-refractivity contribution in [2.24, 2.45) is 5.16 Å². The lowest BCUT2D eigenvalue weighted by Crippen LogP contribution is -2.13. The molecule has 0 fully saturated rings. The Balaban J connectivity index is 2.86. The van der Waals surface area contributed by atoms with Gasteiger partial charge in [0.2, 0.25) is 0 Å². The minimum Gasteiger partial charge on any atom is -0.452 e. The van der Waals surface area contributed by atoms with E-state index in [1.807, 2.05) is 0 Å². The number of hydrogen-bond acceptors (Lipinski definition) is 4. The standard InChI is InChI=1S/C13H11ClNO3/c1-3-8-18-13(16)9-12(15-17-2)10-6-4-5-7-11(10)14/h1,5-7H,8-9H2,2H3. The number of terminal acetylenes is 1. The van der Waals surface area contributed by atoms with Gasteiger partial charge in [-0.3, -0.25) is 4.79 Å². The molecule has 1 radical (unpaired) electrons. The third-order valence-corrected chi connectivity index (χ3v) is 2.28. The summed E-state index contributed by atoms with van der Waals surface area (Å²) >= 11 is 6.00. The summed E-state index contributed by atoms with van der Waals surface area (Å²) in [7, 11) is 1.38. The summed E-state index contributed by atoms with van der Waals surface area (Å²) in [4.78, 5) is 16.2. The third kappa shape index (κ3) is 4.11. The predicted molar refractivity (Wildman–Crippen MR) is 68.2 cm³/mol. The number of esters is 1. The maximum Gasteiger partial charge on any atom is 0.312 e. The van der Waals surface area contributed by atoms with Crippen LogP contribution in [-0.4, -0.2) is 25.4 Å². The predicted octanol–water partition coefficient (Wildman–Crippen LogP) is 2.06. The van der Waals surface area contributed by atoms with E-state index in [2.05, 4.69) is 22.0 Å². The number of carbonyl (C=O) groups is 1. The van der Waals surface area contributed by atoms with Gasteiger partial charge in [-0.15, -0.1) is 6.42 Å². The van der Waals surface area contributed by atoms with E-state index >= 15 is 0 Å². The molecule has 18 heavy (non-hydrogen) atoms. The molecule has 0 heterocycles. The molecule has 0 aromatic heterocycles. The number of hydrogen-bond donors (Lipinski definition) is 0. The van der Waals surface area contributed by atoms with Crippen molar-refractivity contribution in [3.8, 4) is 12.3 Å². The molecule has 0 spiro atoms. The van der Waals surface area contributed by atoms with E-state index < -0.39 is 5.97 Å². The Labute approximate surface area is 111 Å². The summed E-state index contributed by atoms with van der Waals surface area (Å²) in [6, 6.07) is 7.78. The van der Waals surface area contributed by atoms with Crippen LogP contribution in [-0.2, 0) is 14.4 Å². The van der Waals surface area contributed by atoms with Crippen LogP contribution in [0.4, 0.5) is 0 Å². The van der Waals surface area contributed by atoms with Crippen molar-refractivity contribution in [2.45, 2.75) is 6.42 Å². The Hall–Kier alpha value is -1.99. The highest BCUT2D eigenvalue weighted by molar-refractivity contribution is 6.34. The summed E-state index contributed by atoms with van der Waals surface area (Å²) < 4.78 is 4.76. The molecular formula is C13H11ClNO3. The number of rotatable bonds is 5. The van der Waals surface area contributed by atoms with Crippen molar-refractivity contribution >= 4 is 23.3 Å². The van der Waals surface area contributed by atoms with Crippen molar-refractivity contribution < 1.29 is 14.4 Å². The number of benzene rings is 1. The second-order valence-corrected chi connectivity index (χ2v) is 3.58. The van der Waals surface area contributed by atoms with Gasteiger partial charge in [0.1, 0.15) is 7.11 Å². The quantitative estimate of drug-likeness (QED) is 0.354. The smallest absolute Gasteiger partial charge is 0.312 e. The van der Waals surface area contributed by atoms with Gasteiger partial charge in [-0.1, -0.05) is 28.7 Å². The van der Waals surface area contributed by atoms with E-state index in [9.17, 15) is 4.79 Å². The Morgan fingerprint density at radius 3 is 3.06 bits per heavy atom. The van der Waals surface area contributed by atoms with Crippen LogP contribution in [0.3, 0.4) is 0 Å². The van der Waals surface area contributed by atoms with Crippen LogP contribution >= 0.6 is 11.6 Å². The molecule has 0 amide bonds. The highest BCUT2D eigenvalue weighted by atomic mass is 35.5. The first kappa shape index (κ1) is 14.1. The van der Waals surface area contributed by atoms with E-state index in [0.29, 0.717) is 16.3 Å². The summed E-state index contributed by atoms with van der Waals surface area (Å²) in [5.74, 6) is 1.71. The van der Waals surface area contributed by atoms with Gasteiger partial charge in [-0.2, -0.15) is 0 Å². The lowest BCUT2D eigenvalue weighted by molar-refractivity contribution is -0.140. The Kier molecular flexibility index (Phi) is 5.75. The van der Waals surface area contributed by atoms with E-state index in [1.165, 1.54) is 7.11 Å². The van der Waals surface area contributed by atoms with Crippen molar-refractivity contribution in [2.75, 3.05) is 13.7 Å². The molecular weight excluding hydrogens is 254 g/mol. The number of oxime groups is 1. The fourth-order valence-corrected chi connectivity index (χ4v) is 1.46. The highest BCUT2D eigenvalue weighted by Gasteiger charge is 2.14. The molecule has 0 aliphatic carbocycles. The zero-order valence-electron chi connectivity index (χ0n) is 9.77. The molecule has 1 aromatic carbocycles. The summed E-state index contributed by atoms with van der Waals surface area (Å²) in [6.07, 6.45) is 4.92. The SMILES string of the molecule is C#CCOC(=O)CC(=NOC)c1c[c]ccc1Cl. The fraction of sp³-hybridized carbons (Fsp3) is 0.231. The largest absolute Gasteiger partial charge is 0.452 e. The van der Waals surface area contributed by atoms with Crippen molar-refractivity contribution in [1.82, 2.24) is 0 Å². The van der Waals surface area contributed by atoms with Gasteiger partial charge in [-0.25, -0.2) is 0 Å². The Morgan fingerprint density at radius 2 is 2.44 bits per heavy atom. The average molecular weight is 265 g/mol. The van der Waals surface area contributed by atoms with Gasteiger partial charge in [-0.05, 0) is 18.2 Å². The Bertz CT molecular complexity index is 491. The zero-order chi connectivity index (χ0) is 13.4. The molecule has 0 unspecified atom stereocenters. The molecule has 0 saturated carbocycles. The summed E-state index contributed by atoms with van der Waals surface area (Å²) in [5.41, 5.74) is 0.931. The molecule has 0 aliphatic rings. The number of ether oxygens (including phenoxy) is 1. The molecule has 0 saturated heterocycles. The van der Waals surface area contributed by atoms with Gasteiger partial charge in [0.15, 0.2) is 6.61 Å². The molecule has 0 aliphatic heterocycles. The molecule has 5 heteroatoms. The van der Waals surface area contributed by atoms with Crippen LogP contribution in [0.2, 0.25) is 5.02 Å². The van der Waals surface area contributed by atoms with Crippen molar-refractivity contribution in [1.29, 1.82) is 0 Å². The van der Waals surface area contributed by atoms with Crippen molar-refractivity contribution in [3.63, 3.8) is 0 Å². The van der Waals surface area contributed by atoms with Crippen LogP contribution in [0.25, 0.3) is 0 Å². The molecule has 93 valence electrons. The van der Waals surface area contributed by atoms with Gasteiger partial charge < -0.3 is 9.57 Å². The fourth-order valence-electron chi connectivity index (χ4n) is 1.23. The molecule has 0 atom stereocenters. The monoisotopic (exact) mass is 264 g/mol. The molecule has 1 rings (SSSR count). The Morgan fingerprint density at radius 1 is 1.67 bits per heavy atom. The van der Waals surface area contributed by atoms with Crippen molar-refractivity contribution in [3.05, 3.63) is 34.9 Å². The average Bonchev–Trinajstić information content (AvgIpc) is 2.36. The van der Waals surface area contributed by atoms with Crippen LogP contribution < -0.4 is 0 Å². The minimum atomic E-state index is -0.497. The second-order valence-electron chi connectivity index (χ2n) is 3.17. The van der Waals surface area contributed by atoms with E-state index in [4.69, 9.17) is 22.8 Å². The maximum atomic E-state index is 11.5. The first-order valence-electron chi connectivity index (χ1n) is 5.04. The van der Waals surface area contributed by atoms with Crippen LogP contribution in [0.15, 0.2) is 23.4 Å². The number of nitrogens with zero attached hydrogens (tertiary/aromatic N) is 1. The molecule has 0 N–H and O–H groups in total. The maximum absolute atomic E-state index is 11.5. The van der Waals surface area contributed by atoms with Crippen LogP contribution in [0.5, 0.6) is 0 Å². The lowest BCUT2D eigenvalue weighted by Gasteiger charge is -2.07. The van der Waals surface area contributed by atoms with E-state index in [1.54, 1.807) is 18.2 Å². The van der Waals surface area contributed by atoms with Crippen LogP contribution in [0.1, 0.15) is 12.0 Å². The molecule has 4 nitrogen and oxygen atoms in total. The summed E-state index contributed by atoms with van der Waals surface area (Å²) in [6.45, 7) is -0.0757. The number of carbonyl (C=O) groups excluding carboxylic acids is 1. The van der Waals surface area contributed by atoms with Gasteiger partial charge in [0.25, 0.3) is 0 Å². The van der Waals surface area contributed by atoms with E-state index in [0.717, 1.165) is 0 Å². The third-order valence-electron chi connectivity index (χ3n) is 1.95. The summed E-state index contributed by atoms with van der Waals surface area (Å²) in [5, 5.41) is 4.22. The minimum absolute atomic E-state index is 0.0757. The highest BCUT2D eigenvalue weighted by Crippen LogP contribution is 2.17. The first-order chi connectivity index (χ1) is 8.69. The van der Waals surface area contributed by atoms with Gasteiger partial charge in [0, 0.05) is 10.6 Å². The topological polar surface area (TPSA) is 47.9 Å².